The monoisotopic (exact) mass is 361 g/mol. The lowest BCUT2D eigenvalue weighted by molar-refractivity contribution is -0.00296. The van der Waals surface area contributed by atoms with Gasteiger partial charge in [0.05, 0.1) is 25.9 Å². The zero-order valence-electron chi connectivity index (χ0n) is 13.9. The molecule has 2 atom stereocenters. The zero-order valence-corrected chi connectivity index (χ0v) is 13.9. The van der Waals surface area contributed by atoms with E-state index in [9.17, 15) is 14.4 Å². The lowest BCUT2D eigenvalue weighted by atomic mass is 10.1. The molecule has 2 heterocycles. The summed E-state index contributed by atoms with van der Waals surface area (Å²) in [5.41, 5.74) is -0.766. The van der Waals surface area contributed by atoms with Crippen molar-refractivity contribution in [2.24, 2.45) is 0 Å². The molecule has 138 valence electrons. The fraction of sp³-hybridized carbons (Fsp3) is 0.353. The first-order valence-corrected chi connectivity index (χ1v) is 8.14. The van der Waals surface area contributed by atoms with Crippen LogP contribution < -0.4 is 21.3 Å². The average molecular weight is 361 g/mol. The molecule has 2 aromatic rings. The molecule has 9 heteroatoms. The van der Waals surface area contributed by atoms with Crippen molar-refractivity contribution in [3.05, 3.63) is 62.4 Å². The number of H-pyrrole nitrogens is 2. The number of hydrogen-bond acceptors (Lipinski definition) is 6. The molecule has 1 amide bonds. The van der Waals surface area contributed by atoms with E-state index >= 15 is 0 Å². The van der Waals surface area contributed by atoms with Crippen molar-refractivity contribution in [2.45, 2.75) is 25.2 Å². The molecule has 9 nitrogen and oxygen atoms in total. The molecule has 4 N–H and O–H groups in total. The maximum Gasteiger partial charge on any atom is 0.326 e. The number of aliphatic hydroxyl groups is 1. The number of aromatic amines is 2. The number of benzene rings is 1. The second kappa shape index (κ2) is 7.98. The Morgan fingerprint density at radius 1 is 1.27 bits per heavy atom. The third-order valence-electron chi connectivity index (χ3n) is 4.01. The second-order valence-electron chi connectivity index (χ2n) is 5.90. The molecule has 1 aliphatic rings. The molecule has 0 unspecified atom stereocenters. The van der Waals surface area contributed by atoms with Crippen LogP contribution in [0.5, 0.6) is 5.75 Å². The van der Waals surface area contributed by atoms with Gasteiger partial charge in [-0.2, -0.15) is 0 Å². The Bertz CT molecular complexity index is 845. The maximum absolute atomic E-state index is 12.3. The van der Waals surface area contributed by atoms with Crippen LogP contribution >= 0.6 is 0 Å². The van der Waals surface area contributed by atoms with E-state index in [0.717, 1.165) is 11.6 Å². The largest absolute Gasteiger partial charge is 0.488 e. The first-order chi connectivity index (χ1) is 12.5. The minimum absolute atomic E-state index is 0.0510. The van der Waals surface area contributed by atoms with E-state index in [4.69, 9.17) is 14.6 Å². The third-order valence-corrected chi connectivity index (χ3v) is 4.01. The van der Waals surface area contributed by atoms with Gasteiger partial charge in [-0.1, -0.05) is 12.1 Å². The highest BCUT2D eigenvalue weighted by Crippen LogP contribution is 2.19. The highest BCUT2D eigenvalue weighted by molar-refractivity contribution is 5.92. The smallest absolute Gasteiger partial charge is 0.326 e. The predicted octanol–water partition coefficient (Wildman–Crippen LogP) is -0.478. The summed E-state index contributed by atoms with van der Waals surface area (Å²) in [6.07, 6.45) is 0.236. The molecule has 0 aliphatic carbocycles. The summed E-state index contributed by atoms with van der Waals surface area (Å²) in [7, 11) is 0. The normalized spacial score (nSPS) is 19.7. The third kappa shape index (κ3) is 4.38. The molecule has 0 spiro atoms. The average Bonchev–Trinajstić information content (AvgIpc) is 2.63. The molecule has 0 bridgehead atoms. The molecule has 1 aromatic carbocycles. The molecule has 26 heavy (non-hydrogen) atoms. The predicted molar refractivity (Wildman–Crippen MR) is 91.2 cm³/mol. The van der Waals surface area contributed by atoms with Crippen LogP contribution in [0.25, 0.3) is 0 Å². The van der Waals surface area contributed by atoms with Gasteiger partial charge in [-0.05, 0) is 17.7 Å². The van der Waals surface area contributed by atoms with E-state index in [1.54, 1.807) is 24.3 Å². The number of aromatic nitrogens is 2. The van der Waals surface area contributed by atoms with Gasteiger partial charge in [0.1, 0.15) is 17.5 Å². The van der Waals surface area contributed by atoms with Gasteiger partial charge in [-0.15, -0.1) is 0 Å². The van der Waals surface area contributed by atoms with Crippen LogP contribution in [0.15, 0.2) is 39.9 Å². The van der Waals surface area contributed by atoms with Crippen molar-refractivity contribution in [1.29, 1.82) is 0 Å². The Kier molecular flexibility index (Phi) is 5.49. The van der Waals surface area contributed by atoms with Gasteiger partial charge in [0.25, 0.3) is 11.5 Å². The fourth-order valence-electron chi connectivity index (χ4n) is 2.68. The van der Waals surface area contributed by atoms with Gasteiger partial charge in [0.2, 0.25) is 0 Å². The van der Waals surface area contributed by atoms with Crippen molar-refractivity contribution >= 4 is 5.91 Å². The van der Waals surface area contributed by atoms with Crippen molar-refractivity contribution in [3.8, 4) is 5.75 Å². The summed E-state index contributed by atoms with van der Waals surface area (Å²) in [5.74, 6) is 0.0193. The van der Waals surface area contributed by atoms with E-state index in [-0.39, 0.29) is 25.0 Å². The molecule has 1 saturated heterocycles. The van der Waals surface area contributed by atoms with Crippen LogP contribution in [-0.4, -0.2) is 46.3 Å². The summed E-state index contributed by atoms with van der Waals surface area (Å²) in [6, 6.07) is 7.56. The number of nitrogens with one attached hydrogen (secondary N) is 3. The van der Waals surface area contributed by atoms with E-state index < -0.39 is 23.2 Å². The first kappa shape index (κ1) is 17.9. The van der Waals surface area contributed by atoms with Crippen LogP contribution in [0.4, 0.5) is 0 Å². The molecule has 0 radical (unpaired) electrons. The number of carbonyl (C=O) groups excluding carboxylic acids is 1. The Morgan fingerprint density at radius 3 is 2.73 bits per heavy atom. The molecule has 1 aliphatic heterocycles. The minimum atomic E-state index is -0.751. The summed E-state index contributed by atoms with van der Waals surface area (Å²) in [4.78, 5) is 39.3. The van der Waals surface area contributed by atoms with Crippen LogP contribution in [0.3, 0.4) is 0 Å². The molecule has 1 aromatic heterocycles. The number of amides is 1. The van der Waals surface area contributed by atoms with Gasteiger partial charge in [0, 0.05) is 12.5 Å². The molecule has 3 rings (SSSR count). The first-order valence-electron chi connectivity index (χ1n) is 8.14. The lowest BCUT2D eigenvalue weighted by Gasteiger charge is -2.32. The van der Waals surface area contributed by atoms with E-state index in [2.05, 4.69) is 10.3 Å². The fourth-order valence-corrected chi connectivity index (χ4v) is 2.68. The van der Waals surface area contributed by atoms with Crippen LogP contribution in [0, 0.1) is 0 Å². The number of ether oxygens (including phenoxy) is 2. The summed E-state index contributed by atoms with van der Waals surface area (Å²) in [5, 5.41) is 11.8. The Morgan fingerprint density at radius 2 is 2.04 bits per heavy atom. The second-order valence-corrected chi connectivity index (χ2v) is 5.90. The van der Waals surface area contributed by atoms with E-state index in [1.165, 1.54) is 0 Å². The Balaban J connectivity index is 1.70. The molecular formula is C17H19N3O6. The standard InChI is InChI=1S/C17H19N3O6/c21-8-10-1-3-11(4-2-10)26-14-5-6-25-9-13(14)18-16(23)12-7-15(22)20-17(24)19-12/h1-4,7,13-14,21H,5-6,8-9H2,(H,18,23)(H2,19,20,22,24)/t13-,14-/m1/s1. The Labute approximate surface area is 148 Å². The SMILES string of the molecule is O=C(N[C@@H]1COCC[C@H]1Oc1ccc(CO)cc1)c1cc(=O)[nH]c(=O)[nH]1. The number of rotatable bonds is 5. The summed E-state index contributed by atoms with van der Waals surface area (Å²) >= 11 is 0. The summed E-state index contributed by atoms with van der Waals surface area (Å²) in [6.45, 7) is 0.691. The topological polar surface area (TPSA) is 134 Å². The van der Waals surface area contributed by atoms with E-state index in [1.807, 2.05) is 4.98 Å². The molecular weight excluding hydrogens is 342 g/mol. The van der Waals surface area contributed by atoms with Gasteiger partial charge in [-0.25, -0.2) is 4.79 Å². The van der Waals surface area contributed by atoms with Crippen LogP contribution in [0.1, 0.15) is 22.5 Å². The summed E-state index contributed by atoms with van der Waals surface area (Å²) < 4.78 is 11.3. The van der Waals surface area contributed by atoms with Gasteiger partial charge >= 0.3 is 5.69 Å². The van der Waals surface area contributed by atoms with Gasteiger partial charge in [-0.3, -0.25) is 14.6 Å². The zero-order chi connectivity index (χ0) is 18.5. The highest BCUT2D eigenvalue weighted by atomic mass is 16.5. The molecule has 1 fully saturated rings. The Hall–Kier alpha value is -2.91. The van der Waals surface area contributed by atoms with Crippen molar-refractivity contribution < 1.29 is 19.4 Å². The lowest BCUT2D eigenvalue weighted by Crippen LogP contribution is -2.52. The number of hydrogen-bond donors (Lipinski definition) is 4. The van der Waals surface area contributed by atoms with Crippen molar-refractivity contribution in [1.82, 2.24) is 15.3 Å². The maximum atomic E-state index is 12.3. The minimum Gasteiger partial charge on any atom is -0.488 e. The van der Waals surface area contributed by atoms with Crippen molar-refractivity contribution in [2.75, 3.05) is 13.2 Å². The van der Waals surface area contributed by atoms with Gasteiger partial charge in [0.15, 0.2) is 0 Å². The van der Waals surface area contributed by atoms with Crippen LogP contribution in [0.2, 0.25) is 0 Å². The number of aliphatic hydroxyl groups excluding tert-OH is 1. The van der Waals surface area contributed by atoms with E-state index in [0.29, 0.717) is 18.8 Å². The van der Waals surface area contributed by atoms with Crippen molar-refractivity contribution in [3.63, 3.8) is 0 Å². The highest BCUT2D eigenvalue weighted by Gasteiger charge is 2.29. The number of carbonyl (C=O) groups is 1. The van der Waals surface area contributed by atoms with Gasteiger partial charge < -0.3 is 24.9 Å². The quantitative estimate of drug-likeness (QED) is 0.568. The van der Waals surface area contributed by atoms with Crippen LogP contribution in [-0.2, 0) is 11.3 Å². The molecule has 0 saturated carbocycles.